The van der Waals surface area contributed by atoms with Gasteiger partial charge in [-0.1, -0.05) is 109 Å². The Labute approximate surface area is 298 Å². The van der Waals surface area contributed by atoms with Crippen molar-refractivity contribution in [2.24, 2.45) is 0 Å². The zero-order chi connectivity index (χ0) is 35.1. The van der Waals surface area contributed by atoms with Gasteiger partial charge in [0.05, 0.1) is 13.0 Å². The van der Waals surface area contributed by atoms with E-state index in [0.29, 0.717) is 33.6 Å². The number of esters is 1. The molecule has 0 radical (unpaired) electrons. The predicted molar refractivity (Wildman–Crippen MR) is 194 cm³/mol. The Balaban J connectivity index is 1.17. The van der Waals surface area contributed by atoms with Crippen LogP contribution in [0.25, 0.3) is 16.7 Å². The van der Waals surface area contributed by atoms with E-state index in [2.05, 4.69) is 5.32 Å². The Morgan fingerprint density at radius 1 is 0.765 bits per heavy atom. The maximum absolute atomic E-state index is 14.6. The summed E-state index contributed by atoms with van der Waals surface area (Å²) in [5, 5.41) is 12.1. The van der Waals surface area contributed by atoms with Crippen LogP contribution in [0.2, 0.25) is 0 Å². The highest BCUT2D eigenvalue weighted by molar-refractivity contribution is 8.00. The van der Waals surface area contributed by atoms with E-state index in [1.54, 1.807) is 24.3 Å². The number of carbonyl (C=O) groups excluding carboxylic acids is 4. The number of ether oxygens (including phenoxy) is 1. The summed E-state index contributed by atoms with van der Waals surface area (Å²) < 4.78 is 6.34. The average molecular weight is 693 g/mol. The van der Waals surface area contributed by atoms with Gasteiger partial charge in [-0.15, -0.1) is 11.8 Å². The number of ketones is 1. The lowest BCUT2D eigenvalue weighted by Gasteiger charge is -2.50. The summed E-state index contributed by atoms with van der Waals surface area (Å²) in [6.45, 7) is -0.177. The third kappa shape index (κ3) is 5.94. The summed E-state index contributed by atoms with van der Waals surface area (Å²) >= 11 is 1.46. The number of nitrogens with one attached hydrogen (secondary N) is 1. The number of hydrogen-bond acceptors (Lipinski definition) is 7. The first-order chi connectivity index (χ1) is 24.9. The molecule has 0 bridgehead atoms. The Morgan fingerprint density at radius 3 is 2.08 bits per heavy atom. The molecule has 2 N–H and O–H groups in total. The molecule has 51 heavy (non-hydrogen) atoms. The molecule has 1 aliphatic carbocycles. The first kappa shape index (κ1) is 32.4. The number of aliphatic hydroxyl groups excluding tert-OH is 1. The van der Waals surface area contributed by atoms with Gasteiger partial charge < -0.3 is 15.2 Å². The van der Waals surface area contributed by atoms with E-state index in [0.717, 1.165) is 27.8 Å². The highest BCUT2D eigenvalue weighted by Crippen LogP contribution is 2.46. The number of β-lactam (4-membered cyclic amide) rings is 1. The SMILES string of the molecule is O=C(Cc1ccccc1)N[C@@H]1C(=O)N2C(C(=O)OC(c3ccccc3)c3ccccc3)=C(c3ccc4c(c3)-c3ccc(CO)cc3C4=O)CS[C@H]12. The van der Waals surface area contributed by atoms with Crippen molar-refractivity contribution in [3.63, 3.8) is 0 Å². The number of carbonyl (C=O) groups is 4. The Morgan fingerprint density at radius 2 is 1.41 bits per heavy atom. The molecule has 5 aromatic carbocycles. The van der Waals surface area contributed by atoms with Crippen LogP contribution < -0.4 is 5.32 Å². The third-order valence-electron chi connectivity index (χ3n) is 9.53. The molecule has 1 saturated heterocycles. The van der Waals surface area contributed by atoms with Crippen molar-refractivity contribution in [1.82, 2.24) is 10.2 Å². The highest BCUT2D eigenvalue weighted by atomic mass is 32.2. The Bertz CT molecular complexity index is 2180. The molecule has 2 aliphatic heterocycles. The number of nitrogens with zero attached hydrogens (tertiary/aromatic N) is 1. The van der Waals surface area contributed by atoms with Crippen LogP contribution in [0.4, 0.5) is 0 Å². The molecule has 0 unspecified atom stereocenters. The second kappa shape index (κ2) is 13.5. The fourth-order valence-electron chi connectivity index (χ4n) is 6.99. The van der Waals surface area contributed by atoms with Crippen molar-refractivity contribution in [3.05, 3.63) is 172 Å². The lowest BCUT2D eigenvalue weighted by Crippen LogP contribution is -2.70. The fourth-order valence-corrected chi connectivity index (χ4v) is 8.37. The summed E-state index contributed by atoms with van der Waals surface area (Å²) in [7, 11) is 0. The summed E-state index contributed by atoms with van der Waals surface area (Å²) in [4.78, 5) is 56.3. The van der Waals surface area contributed by atoms with E-state index < -0.39 is 29.4 Å². The van der Waals surface area contributed by atoms with E-state index in [-0.39, 0.29) is 30.4 Å². The maximum Gasteiger partial charge on any atom is 0.356 e. The van der Waals surface area contributed by atoms with Gasteiger partial charge in [-0.3, -0.25) is 19.3 Å². The molecule has 0 aromatic heterocycles. The van der Waals surface area contributed by atoms with Crippen LogP contribution >= 0.6 is 11.8 Å². The van der Waals surface area contributed by atoms with Gasteiger partial charge in [0.2, 0.25) is 5.91 Å². The van der Waals surface area contributed by atoms with Crippen molar-refractivity contribution in [1.29, 1.82) is 0 Å². The van der Waals surface area contributed by atoms with Gasteiger partial charge in [-0.2, -0.15) is 0 Å². The van der Waals surface area contributed by atoms with Crippen LogP contribution in [0, 0.1) is 0 Å². The van der Waals surface area contributed by atoms with Crippen LogP contribution in [0.3, 0.4) is 0 Å². The van der Waals surface area contributed by atoms with Gasteiger partial charge in [-0.25, -0.2) is 4.79 Å². The normalized spacial score (nSPS) is 17.4. The second-order valence-electron chi connectivity index (χ2n) is 12.7. The molecule has 5 aromatic rings. The minimum atomic E-state index is -0.806. The van der Waals surface area contributed by atoms with Gasteiger partial charge in [-0.05, 0) is 57.1 Å². The quantitative estimate of drug-likeness (QED) is 0.140. The lowest BCUT2D eigenvalue weighted by molar-refractivity contribution is -0.154. The molecule has 2 atom stereocenters. The van der Waals surface area contributed by atoms with Crippen LogP contribution in [0.1, 0.15) is 49.8 Å². The molecule has 2 heterocycles. The number of thioether (sulfide) groups is 1. The first-order valence-electron chi connectivity index (χ1n) is 16.7. The van der Waals surface area contributed by atoms with Crippen molar-refractivity contribution < 1.29 is 29.0 Å². The molecular weight excluding hydrogens is 661 g/mol. The average Bonchev–Trinajstić information content (AvgIpc) is 3.46. The van der Waals surface area contributed by atoms with Gasteiger partial charge in [0.1, 0.15) is 17.1 Å². The van der Waals surface area contributed by atoms with Crippen molar-refractivity contribution >= 4 is 40.9 Å². The topological polar surface area (TPSA) is 113 Å². The van der Waals surface area contributed by atoms with E-state index in [1.807, 2.05) is 103 Å². The predicted octanol–water partition coefficient (Wildman–Crippen LogP) is 6.08. The number of fused-ring (bicyclic) bond motifs is 4. The first-order valence-corrected chi connectivity index (χ1v) is 17.7. The second-order valence-corrected chi connectivity index (χ2v) is 13.8. The van der Waals surface area contributed by atoms with Crippen molar-refractivity contribution in [3.8, 4) is 11.1 Å². The Kier molecular flexibility index (Phi) is 8.59. The summed E-state index contributed by atoms with van der Waals surface area (Å²) in [5.74, 6) is -1.12. The van der Waals surface area contributed by atoms with Gasteiger partial charge >= 0.3 is 5.97 Å². The standard InChI is InChI=1S/C42H32N2O6S/c45-23-26-16-18-30-32-22-29(17-19-31(32)38(47)33(30)20-26)34-24-51-41-36(43-35(46)21-25-10-4-1-5-11-25)40(48)44(41)37(34)42(49)50-39(27-12-6-2-7-13-27)28-14-8-3-9-15-28/h1-20,22,36,39,41,45H,21,23-24H2,(H,43,46)/t36-,41-/m1/s1. The van der Waals surface area contributed by atoms with Crippen molar-refractivity contribution in [2.45, 2.75) is 30.5 Å². The number of aliphatic hydroxyl groups is 1. The number of amides is 2. The summed E-state index contributed by atoms with van der Waals surface area (Å²) in [6, 6.07) is 38.1. The molecule has 8 nitrogen and oxygen atoms in total. The van der Waals surface area contributed by atoms with Gasteiger partial charge in [0.25, 0.3) is 5.91 Å². The number of benzene rings is 5. The van der Waals surface area contributed by atoms with Crippen LogP contribution in [-0.4, -0.2) is 50.7 Å². The largest absolute Gasteiger partial charge is 0.448 e. The number of rotatable bonds is 9. The molecular formula is C42H32N2O6S. The maximum atomic E-state index is 14.6. The van der Waals surface area contributed by atoms with Gasteiger partial charge in [0.15, 0.2) is 11.9 Å². The van der Waals surface area contributed by atoms with E-state index in [4.69, 9.17) is 4.74 Å². The molecule has 0 saturated carbocycles. The summed E-state index contributed by atoms with van der Waals surface area (Å²) in [5.41, 5.74) is 6.93. The summed E-state index contributed by atoms with van der Waals surface area (Å²) in [6.07, 6.45) is -0.618. The lowest BCUT2D eigenvalue weighted by atomic mass is 9.95. The zero-order valence-corrected chi connectivity index (χ0v) is 28.1. The van der Waals surface area contributed by atoms with Gasteiger partial charge in [0, 0.05) is 22.5 Å². The number of hydrogen-bond donors (Lipinski definition) is 2. The monoisotopic (exact) mass is 692 g/mol. The molecule has 252 valence electrons. The molecule has 0 spiro atoms. The Hall–Kier alpha value is -5.77. The zero-order valence-electron chi connectivity index (χ0n) is 27.3. The molecule has 3 aliphatic rings. The van der Waals surface area contributed by atoms with E-state index in [9.17, 15) is 24.3 Å². The molecule has 9 heteroatoms. The van der Waals surface area contributed by atoms with Crippen LogP contribution in [0.5, 0.6) is 0 Å². The van der Waals surface area contributed by atoms with E-state index >= 15 is 0 Å². The third-order valence-corrected chi connectivity index (χ3v) is 10.8. The minimum absolute atomic E-state index is 0.120. The molecule has 2 amide bonds. The van der Waals surface area contributed by atoms with Crippen LogP contribution in [-0.2, 0) is 32.1 Å². The minimum Gasteiger partial charge on any atom is -0.448 e. The fraction of sp³-hybridized carbons (Fsp3) is 0.143. The molecule has 8 rings (SSSR count). The van der Waals surface area contributed by atoms with Crippen LogP contribution in [0.15, 0.2) is 133 Å². The highest BCUT2D eigenvalue weighted by Gasteiger charge is 2.55. The van der Waals surface area contributed by atoms with Crippen molar-refractivity contribution in [2.75, 3.05) is 5.75 Å². The van der Waals surface area contributed by atoms with E-state index in [1.165, 1.54) is 16.7 Å². The molecule has 1 fully saturated rings. The smallest absolute Gasteiger partial charge is 0.356 e.